The molecule has 0 aliphatic carbocycles. The Balaban J connectivity index is 1.71. The molecule has 8 nitrogen and oxygen atoms in total. The number of aryl methyl sites for hydroxylation is 3. The van der Waals surface area contributed by atoms with Crippen molar-refractivity contribution in [2.75, 3.05) is 33.3 Å². The van der Waals surface area contributed by atoms with Gasteiger partial charge in [-0.3, -0.25) is 14.5 Å². The molecule has 0 fully saturated rings. The first-order chi connectivity index (χ1) is 14.0. The van der Waals surface area contributed by atoms with Crippen molar-refractivity contribution in [3.05, 3.63) is 47.3 Å². The topological polar surface area (TPSA) is 92.6 Å². The predicted octanol–water partition coefficient (Wildman–Crippen LogP) is 1.88. The molecular weight excluding hydrogens is 368 g/mol. The average Bonchev–Trinajstić information content (AvgIpc) is 3.05. The zero-order chi connectivity index (χ0) is 21.1. The van der Waals surface area contributed by atoms with E-state index in [1.54, 1.807) is 31.4 Å². The number of ether oxygens (including phenoxy) is 1. The lowest BCUT2D eigenvalue weighted by molar-refractivity contribution is 0.0954. The highest BCUT2D eigenvalue weighted by Gasteiger charge is 2.05. The van der Waals surface area contributed by atoms with E-state index in [0.717, 1.165) is 36.9 Å². The van der Waals surface area contributed by atoms with Crippen LogP contribution in [0.25, 0.3) is 0 Å². The Morgan fingerprint density at radius 3 is 2.48 bits per heavy atom. The summed E-state index contributed by atoms with van der Waals surface area (Å²) in [7, 11) is 1.60. The molecule has 158 valence electrons. The first-order valence-electron chi connectivity index (χ1n) is 9.99. The van der Waals surface area contributed by atoms with E-state index in [1.165, 1.54) is 5.69 Å². The van der Waals surface area contributed by atoms with Gasteiger partial charge in [-0.15, -0.1) is 0 Å². The SMILES string of the molecule is CCNC(=NCCCn1nc(C)cc1C)NCCNC(=O)c1ccc(OC)cc1. The fourth-order valence-electron chi connectivity index (χ4n) is 2.86. The van der Waals surface area contributed by atoms with Crippen LogP contribution in [0.1, 0.15) is 35.1 Å². The van der Waals surface area contributed by atoms with E-state index in [0.29, 0.717) is 25.2 Å². The Hall–Kier alpha value is -3.03. The maximum Gasteiger partial charge on any atom is 0.251 e. The highest BCUT2D eigenvalue weighted by Crippen LogP contribution is 2.10. The maximum absolute atomic E-state index is 12.2. The minimum absolute atomic E-state index is 0.110. The van der Waals surface area contributed by atoms with Gasteiger partial charge < -0.3 is 20.7 Å². The number of nitrogens with zero attached hydrogens (tertiary/aromatic N) is 3. The summed E-state index contributed by atoms with van der Waals surface area (Å²) in [4.78, 5) is 16.7. The van der Waals surface area contributed by atoms with Crippen molar-refractivity contribution in [2.45, 2.75) is 33.7 Å². The third-order valence-corrected chi connectivity index (χ3v) is 4.30. The number of aliphatic imine (C=N–C) groups is 1. The van der Waals surface area contributed by atoms with Crippen LogP contribution in [0.4, 0.5) is 0 Å². The Kier molecular flexibility index (Phi) is 9.01. The van der Waals surface area contributed by atoms with Crippen molar-refractivity contribution >= 4 is 11.9 Å². The molecule has 1 aromatic heterocycles. The normalized spacial score (nSPS) is 11.2. The first-order valence-corrected chi connectivity index (χ1v) is 9.99. The van der Waals surface area contributed by atoms with Crippen LogP contribution in [-0.4, -0.2) is 54.9 Å². The lowest BCUT2D eigenvalue weighted by atomic mass is 10.2. The van der Waals surface area contributed by atoms with Gasteiger partial charge in [0.2, 0.25) is 0 Å². The molecule has 2 rings (SSSR count). The van der Waals surface area contributed by atoms with Gasteiger partial charge in [0.25, 0.3) is 5.91 Å². The number of aromatic nitrogens is 2. The third-order valence-electron chi connectivity index (χ3n) is 4.30. The minimum atomic E-state index is -0.110. The number of amides is 1. The van der Waals surface area contributed by atoms with Crippen LogP contribution in [0.15, 0.2) is 35.3 Å². The lowest BCUT2D eigenvalue weighted by Gasteiger charge is -2.12. The summed E-state index contributed by atoms with van der Waals surface area (Å²) < 4.78 is 7.12. The Bertz CT molecular complexity index is 798. The average molecular weight is 401 g/mol. The number of carbonyl (C=O) groups excluding carboxylic acids is 1. The quantitative estimate of drug-likeness (QED) is 0.322. The highest BCUT2D eigenvalue weighted by molar-refractivity contribution is 5.94. The fourth-order valence-corrected chi connectivity index (χ4v) is 2.86. The van der Waals surface area contributed by atoms with Crippen molar-refractivity contribution in [2.24, 2.45) is 4.99 Å². The molecule has 0 aliphatic rings. The maximum atomic E-state index is 12.2. The smallest absolute Gasteiger partial charge is 0.251 e. The van der Waals surface area contributed by atoms with Crippen LogP contribution < -0.4 is 20.7 Å². The summed E-state index contributed by atoms with van der Waals surface area (Å²) in [5, 5.41) is 13.8. The van der Waals surface area contributed by atoms with Gasteiger partial charge in [0.05, 0.1) is 12.8 Å². The molecule has 0 atom stereocenters. The molecule has 0 saturated heterocycles. The predicted molar refractivity (Wildman–Crippen MR) is 116 cm³/mol. The second-order valence-electron chi connectivity index (χ2n) is 6.68. The van der Waals surface area contributed by atoms with Crippen LogP contribution in [0, 0.1) is 13.8 Å². The molecule has 0 saturated carbocycles. The van der Waals surface area contributed by atoms with E-state index in [9.17, 15) is 4.79 Å². The van der Waals surface area contributed by atoms with Crippen molar-refractivity contribution in [1.29, 1.82) is 0 Å². The van der Waals surface area contributed by atoms with Gasteiger partial charge in [0.1, 0.15) is 5.75 Å². The lowest BCUT2D eigenvalue weighted by Crippen LogP contribution is -2.41. The van der Waals surface area contributed by atoms with Gasteiger partial charge in [-0.1, -0.05) is 0 Å². The number of rotatable bonds is 10. The highest BCUT2D eigenvalue weighted by atomic mass is 16.5. The molecule has 3 N–H and O–H groups in total. The van der Waals surface area contributed by atoms with E-state index in [-0.39, 0.29) is 5.91 Å². The summed E-state index contributed by atoms with van der Waals surface area (Å²) in [5.74, 6) is 1.37. The van der Waals surface area contributed by atoms with Crippen molar-refractivity contribution in [3.63, 3.8) is 0 Å². The number of methoxy groups -OCH3 is 1. The molecule has 2 aromatic rings. The van der Waals surface area contributed by atoms with E-state index in [4.69, 9.17) is 4.74 Å². The molecule has 0 spiro atoms. The number of nitrogens with one attached hydrogen (secondary N) is 3. The van der Waals surface area contributed by atoms with E-state index in [2.05, 4.69) is 39.0 Å². The van der Waals surface area contributed by atoms with Crippen LogP contribution >= 0.6 is 0 Å². The monoisotopic (exact) mass is 400 g/mol. The largest absolute Gasteiger partial charge is 0.497 e. The van der Waals surface area contributed by atoms with Crippen LogP contribution in [0.2, 0.25) is 0 Å². The van der Waals surface area contributed by atoms with Crippen LogP contribution in [0.5, 0.6) is 5.75 Å². The summed E-state index contributed by atoms with van der Waals surface area (Å²) >= 11 is 0. The third kappa shape index (κ3) is 7.48. The van der Waals surface area contributed by atoms with Gasteiger partial charge in [-0.25, -0.2) is 0 Å². The molecule has 1 amide bonds. The molecule has 29 heavy (non-hydrogen) atoms. The standard InChI is InChI=1S/C21H32N6O2/c1-5-22-21(24-11-6-14-27-17(3)15-16(2)26-27)25-13-12-23-20(28)18-7-9-19(29-4)10-8-18/h7-10,15H,5-6,11-14H2,1-4H3,(H,23,28)(H2,22,24,25). The summed E-state index contributed by atoms with van der Waals surface area (Å²) in [6.45, 7) is 9.51. The number of benzene rings is 1. The van der Waals surface area contributed by atoms with Gasteiger partial charge in [-0.05, 0) is 57.5 Å². The fraction of sp³-hybridized carbons (Fsp3) is 0.476. The summed E-state index contributed by atoms with van der Waals surface area (Å²) in [6.07, 6.45) is 0.909. The van der Waals surface area contributed by atoms with Gasteiger partial charge in [0.15, 0.2) is 5.96 Å². The second kappa shape index (κ2) is 11.7. The molecule has 0 radical (unpaired) electrons. The molecule has 1 aromatic carbocycles. The van der Waals surface area contributed by atoms with Crippen molar-refractivity contribution < 1.29 is 9.53 Å². The van der Waals surface area contributed by atoms with E-state index < -0.39 is 0 Å². The molecule has 1 heterocycles. The molecule has 0 unspecified atom stereocenters. The van der Waals surface area contributed by atoms with Gasteiger partial charge in [0, 0.05) is 44.0 Å². The molecule has 0 bridgehead atoms. The van der Waals surface area contributed by atoms with Crippen LogP contribution in [-0.2, 0) is 6.54 Å². The zero-order valence-corrected chi connectivity index (χ0v) is 17.8. The molecular formula is C21H32N6O2. The molecule has 0 aliphatic heterocycles. The summed E-state index contributed by atoms with van der Waals surface area (Å²) in [5.41, 5.74) is 2.82. The minimum Gasteiger partial charge on any atom is -0.497 e. The van der Waals surface area contributed by atoms with E-state index >= 15 is 0 Å². The zero-order valence-electron chi connectivity index (χ0n) is 17.8. The number of hydrogen-bond acceptors (Lipinski definition) is 4. The Morgan fingerprint density at radius 1 is 1.14 bits per heavy atom. The number of hydrogen-bond donors (Lipinski definition) is 3. The summed E-state index contributed by atoms with van der Waals surface area (Å²) in [6, 6.07) is 9.12. The first kappa shape index (κ1) is 22.3. The number of guanidine groups is 1. The Labute approximate surface area is 172 Å². The van der Waals surface area contributed by atoms with Crippen molar-refractivity contribution in [1.82, 2.24) is 25.7 Å². The van der Waals surface area contributed by atoms with E-state index in [1.807, 2.05) is 18.5 Å². The van der Waals surface area contributed by atoms with Gasteiger partial charge in [-0.2, -0.15) is 5.10 Å². The molecule has 8 heteroatoms. The number of carbonyl (C=O) groups is 1. The second-order valence-corrected chi connectivity index (χ2v) is 6.68. The van der Waals surface area contributed by atoms with Crippen LogP contribution in [0.3, 0.4) is 0 Å². The van der Waals surface area contributed by atoms with Crippen molar-refractivity contribution in [3.8, 4) is 5.75 Å². The van der Waals surface area contributed by atoms with Gasteiger partial charge >= 0.3 is 0 Å². The Morgan fingerprint density at radius 2 is 1.86 bits per heavy atom.